The molecule has 2 N–H and O–H groups in total. The van der Waals surface area contributed by atoms with Gasteiger partial charge in [0.05, 0.1) is 33.5 Å². The Morgan fingerprint density at radius 3 is 2.56 bits per heavy atom. The van der Waals surface area contributed by atoms with Crippen LogP contribution in [0.5, 0.6) is 11.5 Å². The lowest BCUT2D eigenvalue weighted by atomic mass is 10.1. The summed E-state index contributed by atoms with van der Waals surface area (Å²) in [6.45, 7) is 1.32. The van der Waals surface area contributed by atoms with Gasteiger partial charge in [0, 0.05) is 16.5 Å². The first-order valence-electron chi connectivity index (χ1n) is 9.73. The number of ether oxygens (including phenoxy) is 2. The molecule has 0 aliphatic carbocycles. The average molecular weight is 495 g/mol. The first kappa shape index (κ1) is 24.1. The number of nitrogens with two attached hydrogens (primary N) is 1. The Kier molecular flexibility index (Phi) is 8.15. The number of halogens is 3. The summed E-state index contributed by atoms with van der Waals surface area (Å²) in [5.74, 6) is 2.31. The molecule has 4 aromatic rings. The minimum atomic E-state index is 0. The van der Waals surface area contributed by atoms with Gasteiger partial charge in [-0.25, -0.2) is 9.67 Å². The van der Waals surface area contributed by atoms with Crippen molar-refractivity contribution in [2.24, 2.45) is 0 Å². The van der Waals surface area contributed by atoms with E-state index in [2.05, 4.69) is 20.4 Å². The molecule has 4 rings (SSSR count). The lowest BCUT2D eigenvalue weighted by molar-refractivity contribution is -0.573. The van der Waals surface area contributed by atoms with Crippen molar-refractivity contribution >= 4 is 40.1 Å². The molecule has 0 bridgehead atoms. The Hall–Kier alpha value is -2.58. The van der Waals surface area contributed by atoms with E-state index in [0.29, 0.717) is 16.6 Å². The van der Waals surface area contributed by atoms with E-state index in [1.807, 2.05) is 35.0 Å². The second-order valence-corrected chi connectivity index (χ2v) is 7.81. The first-order chi connectivity index (χ1) is 15.1. The summed E-state index contributed by atoms with van der Waals surface area (Å²) < 4.78 is 12.5. The Bertz CT molecular complexity index is 1220. The molecular formula is C22H22Cl3N5O2. The summed E-state index contributed by atoms with van der Waals surface area (Å²) in [7, 11) is 3.27. The van der Waals surface area contributed by atoms with Crippen molar-refractivity contribution < 1.29 is 27.2 Å². The summed E-state index contributed by atoms with van der Waals surface area (Å²) in [5.41, 5.74) is 2.85. The molecule has 32 heavy (non-hydrogen) atoms. The van der Waals surface area contributed by atoms with Crippen molar-refractivity contribution in [3.63, 3.8) is 0 Å². The van der Waals surface area contributed by atoms with Gasteiger partial charge in [-0.05, 0) is 35.4 Å². The third kappa shape index (κ3) is 5.24. The number of fused-ring (bicyclic) bond motifs is 1. The van der Waals surface area contributed by atoms with Crippen LogP contribution in [0.4, 0.5) is 5.82 Å². The number of hydrogen-bond acceptors (Lipinski definition) is 5. The number of nitrogens with zero attached hydrogens (tertiary/aromatic N) is 4. The van der Waals surface area contributed by atoms with Gasteiger partial charge in [0.15, 0.2) is 17.1 Å². The van der Waals surface area contributed by atoms with E-state index in [9.17, 15) is 0 Å². The number of benzene rings is 2. The molecule has 168 valence electrons. The number of aromatic nitrogens is 4. The SMILES string of the molecule is COc1ccc(CC[NH2+]c2ncnc3c2cnn3Cc2ccc(Cl)cc2Cl)cc1OC.[Cl-]. The van der Waals surface area contributed by atoms with Gasteiger partial charge in [0.25, 0.3) is 0 Å². The standard InChI is InChI=1S/C22H21Cl2N5O2.ClH/c1-30-19-6-3-14(9-20(19)31-2)7-8-25-21-17-11-28-29(22(17)27-13-26-21)12-15-4-5-16(23)10-18(15)24;/h3-6,9-11,13H,7-8,12H2,1-2H3,(H,25,26,27);1H. The van der Waals surface area contributed by atoms with E-state index >= 15 is 0 Å². The van der Waals surface area contributed by atoms with E-state index in [4.69, 9.17) is 32.7 Å². The molecule has 0 radical (unpaired) electrons. The van der Waals surface area contributed by atoms with Crippen molar-refractivity contribution in [1.82, 2.24) is 19.7 Å². The molecule has 0 atom stereocenters. The number of quaternary nitrogens is 1. The van der Waals surface area contributed by atoms with E-state index < -0.39 is 0 Å². The lowest BCUT2D eigenvalue weighted by Gasteiger charge is -2.09. The van der Waals surface area contributed by atoms with Crippen molar-refractivity contribution in [2.75, 3.05) is 20.8 Å². The zero-order chi connectivity index (χ0) is 21.8. The van der Waals surface area contributed by atoms with Crippen LogP contribution in [0.2, 0.25) is 10.0 Å². The van der Waals surface area contributed by atoms with Crippen LogP contribution in [0.15, 0.2) is 48.9 Å². The summed E-state index contributed by atoms with van der Waals surface area (Å²) >= 11 is 12.3. The molecule has 0 unspecified atom stereocenters. The largest absolute Gasteiger partial charge is 1.00 e. The molecule has 0 amide bonds. The van der Waals surface area contributed by atoms with Crippen LogP contribution in [0, 0.1) is 0 Å². The third-order valence-corrected chi connectivity index (χ3v) is 5.61. The monoisotopic (exact) mass is 493 g/mol. The van der Waals surface area contributed by atoms with Gasteiger partial charge in [-0.1, -0.05) is 35.3 Å². The molecule has 7 nitrogen and oxygen atoms in total. The molecule has 2 aromatic carbocycles. The maximum Gasteiger partial charge on any atom is 0.238 e. The van der Waals surface area contributed by atoms with Gasteiger partial charge in [-0.2, -0.15) is 10.1 Å². The Morgan fingerprint density at radius 2 is 1.81 bits per heavy atom. The second-order valence-electron chi connectivity index (χ2n) is 6.97. The summed E-state index contributed by atoms with van der Waals surface area (Å²) in [5, 5.41) is 8.70. The average Bonchev–Trinajstić information content (AvgIpc) is 3.19. The molecule has 0 saturated heterocycles. The third-order valence-electron chi connectivity index (χ3n) is 5.02. The summed E-state index contributed by atoms with van der Waals surface area (Å²) in [6, 6.07) is 11.4. The van der Waals surface area contributed by atoms with E-state index in [1.54, 1.807) is 32.8 Å². The van der Waals surface area contributed by atoms with E-state index in [1.165, 1.54) is 0 Å². The van der Waals surface area contributed by atoms with Gasteiger partial charge in [-0.15, -0.1) is 0 Å². The van der Waals surface area contributed by atoms with Gasteiger partial charge in [-0.3, -0.25) is 5.32 Å². The van der Waals surface area contributed by atoms with Gasteiger partial charge < -0.3 is 21.9 Å². The van der Waals surface area contributed by atoms with Crippen molar-refractivity contribution in [3.8, 4) is 11.5 Å². The van der Waals surface area contributed by atoms with Crippen LogP contribution in [0.25, 0.3) is 11.0 Å². The Labute approximate surface area is 202 Å². The Morgan fingerprint density at radius 1 is 1.00 bits per heavy atom. The fourth-order valence-corrected chi connectivity index (χ4v) is 3.88. The molecule has 0 aliphatic rings. The van der Waals surface area contributed by atoms with Crippen LogP contribution in [-0.2, 0) is 13.0 Å². The summed E-state index contributed by atoms with van der Waals surface area (Å²) in [4.78, 5) is 8.86. The molecule has 10 heteroatoms. The highest BCUT2D eigenvalue weighted by molar-refractivity contribution is 6.35. The Balaban J connectivity index is 0.00000289. The zero-order valence-corrected chi connectivity index (χ0v) is 19.8. The minimum Gasteiger partial charge on any atom is -1.00 e. The fourth-order valence-electron chi connectivity index (χ4n) is 3.41. The highest BCUT2D eigenvalue weighted by atomic mass is 35.5. The van der Waals surface area contributed by atoms with Gasteiger partial charge >= 0.3 is 0 Å². The van der Waals surface area contributed by atoms with Crippen LogP contribution in [0.1, 0.15) is 11.1 Å². The summed E-state index contributed by atoms with van der Waals surface area (Å²) in [6.07, 6.45) is 4.20. The highest BCUT2D eigenvalue weighted by Crippen LogP contribution is 2.27. The van der Waals surface area contributed by atoms with Crippen LogP contribution >= 0.6 is 23.2 Å². The first-order valence-corrected chi connectivity index (χ1v) is 10.5. The smallest absolute Gasteiger partial charge is 0.238 e. The van der Waals surface area contributed by atoms with Crippen LogP contribution in [0.3, 0.4) is 0 Å². The molecule has 0 fully saturated rings. The highest BCUT2D eigenvalue weighted by Gasteiger charge is 2.14. The number of hydrogen-bond donors (Lipinski definition) is 1. The van der Waals surface area contributed by atoms with Crippen molar-refractivity contribution in [3.05, 3.63) is 70.1 Å². The minimum absolute atomic E-state index is 0. The van der Waals surface area contributed by atoms with Crippen molar-refractivity contribution in [1.29, 1.82) is 0 Å². The molecule has 2 heterocycles. The maximum atomic E-state index is 6.31. The van der Waals surface area contributed by atoms with Crippen LogP contribution < -0.4 is 27.2 Å². The quantitative estimate of drug-likeness (QED) is 0.389. The fraction of sp³-hybridized carbons (Fsp3) is 0.227. The van der Waals surface area contributed by atoms with Crippen LogP contribution in [-0.4, -0.2) is 40.5 Å². The predicted molar refractivity (Wildman–Crippen MR) is 121 cm³/mol. The second kappa shape index (κ2) is 10.8. The lowest BCUT2D eigenvalue weighted by Crippen LogP contribution is -3.00. The van der Waals surface area contributed by atoms with E-state index in [0.717, 1.165) is 52.4 Å². The number of rotatable bonds is 8. The molecular weight excluding hydrogens is 473 g/mol. The topological polar surface area (TPSA) is 78.7 Å². The molecule has 0 aliphatic heterocycles. The predicted octanol–water partition coefficient (Wildman–Crippen LogP) is 0.640. The normalized spacial score (nSPS) is 10.8. The zero-order valence-electron chi connectivity index (χ0n) is 17.6. The maximum absolute atomic E-state index is 6.31. The molecule has 0 spiro atoms. The number of methoxy groups -OCH3 is 2. The molecule has 0 saturated carbocycles. The van der Waals surface area contributed by atoms with Crippen molar-refractivity contribution in [2.45, 2.75) is 13.0 Å². The molecule has 2 aromatic heterocycles. The van der Waals surface area contributed by atoms with E-state index in [-0.39, 0.29) is 12.4 Å². The van der Waals surface area contributed by atoms with Gasteiger partial charge in [0.1, 0.15) is 11.7 Å². The van der Waals surface area contributed by atoms with Gasteiger partial charge in [0.2, 0.25) is 5.82 Å².